The number of hydrogen-bond donors (Lipinski definition) is 0. The number of halogens is 5. The zero-order valence-corrected chi connectivity index (χ0v) is 24.5. The topological polar surface area (TPSA) is 89.5 Å². The molecule has 1 aromatic carbocycles. The molecule has 10 nitrogen and oxygen atoms in total. The lowest BCUT2D eigenvalue weighted by molar-refractivity contribution is -0.143. The third kappa shape index (κ3) is 5.37. The van der Waals surface area contributed by atoms with Gasteiger partial charge in [-0.1, -0.05) is 12.1 Å². The summed E-state index contributed by atoms with van der Waals surface area (Å²) >= 11 is 0. The summed E-state index contributed by atoms with van der Waals surface area (Å²) in [6, 6.07) is 6.34. The number of fused-ring (bicyclic) bond motifs is 3. The first kappa shape index (κ1) is 29.5. The minimum Gasteiger partial charge on any atom is -0.376 e. The van der Waals surface area contributed by atoms with Crippen LogP contribution in [-0.4, -0.2) is 76.9 Å². The minimum atomic E-state index is -4.98. The van der Waals surface area contributed by atoms with Crippen molar-refractivity contribution in [1.29, 1.82) is 0 Å². The average molecular weight is 628 g/mol. The van der Waals surface area contributed by atoms with Crippen molar-refractivity contribution >= 4 is 22.8 Å². The molecule has 236 valence electrons. The molecule has 7 rings (SSSR count). The maximum absolute atomic E-state index is 14.2. The van der Waals surface area contributed by atoms with Gasteiger partial charge in [0.2, 0.25) is 0 Å². The molecule has 4 aromatic heterocycles. The molecule has 0 bridgehead atoms. The molecule has 2 aliphatic heterocycles. The molecular formula is C30H30F5N9O. The van der Waals surface area contributed by atoms with E-state index in [9.17, 15) is 22.0 Å². The molecule has 0 spiro atoms. The molecule has 2 saturated heterocycles. The number of alkyl halides is 3. The third-order valence-corrected chi connectivity index (χ3v) is 8.65. The van der Waals surface area contributed by atoms with Gasteiger partial charge in [-0.25, -0.2) is 23.1 Å². The first-order valence-corrected chi connectivity index (χ1v) is 14.8. The number of nitrogens with zero attached hydrogens (tertiary/aromatic N) is 9. The fourth-order valence-electron chi connectivity index (χ4n) is 6.52. The molecule has 15 heteroatoms. The Balaban J connectivity index is 1.26. The number of hydrogen-bond acceptors (Lipinski definition) is 8. The van der Waals surface area contributed by atoms with Gasteiger partial charge in [0.1, 0.15) is 17.7 Å². The van der Waals surface area contributed by atoms with Gasteiger partial charge in [0.15, 0.2) is 23.0 Å². The van der Waals surface area contributed by atoms with Gasteiger partial charge in [-0.2, -0.15) is 18.2 Å². The van der Waals surface area contributed by atoms with E-state index < -0.39 is 29.5 Å². The zero-order chi connectivity index (χ0) is 31.5. The van der Waals surface area contributed by atoms with Crippen LogP contribution in [0.5, 0.6) is 0 Å². The summed E-state index contributed by atoms with van der Waals surface area (Å²) in [5.41, 5.74) is 0.420. The number of anilines is 1. The van der Waals surface area contributed by atoms with Crippen molar-refractivity contribution in [1.82, 2.24) is 39.0 Å². The number of aromatic nitrogens is 7. The Labute approximate surface area is 254 Å². The van der Waals surface area contributed by atoms with Gasteiger partial charge in [-0.05, 0) is 56.5 Å². The standard InChI is InChI=1S/C30H30F5N9O/c1-17-13-43(27-24-28(44-16-37-40-29(44)39-27)41(15-36-24)14-21-4-3-11-45-21)18(2)12-42(17)25(19-5-7-20(31)8-6-19)23-10-9-22(32)26(38-23)30(33,34)35/h5-10,15-18,21,25H,3-4,11-14H2,1-2H3/t17-,18+,21+,25-/m1/s1. The van der Waals surface area contributed by atoms with Crippen molar-refractivity contribution in [2.24, 2.45) is 0 Å². The van der Waals surface area contributed by atoms with Crippen LogP contribution in [-0.2, 0) is 17.5 Å². The van der Waals surface area contributed by atoms with Gasteiger partial charge in [-0.3, -0.25) is 4.90 Å². The van der Waals surface area contributed by atoms with Crippen LogP contribution in [0.15, 0.2) is 49.1 Å². The van der Waals surface area contributed by atoms with E-state index in [4.69, 9.17) is 14.7 Å². The summed E-state index contributed by atoms with van der Waals surface area (Å²) in [5, 5.41) is 8.29. The molecular weight excluding hydrogens is 597 g/mol. The van der Waals surface area contributed by atoms with Crippen LogP contribution in [0.25, 0.3) is 16.9 Å². The summed E-state index contributed by atoms with van der Waals surface area (Å²) in [5.74, 6) is -0.903. The van der Waals surface area contributed by atoms with E-state index >= 15 is 0 Å². The Bertz CT molecular complexity index is 1830. The lowest BCUT2D eigenvalue weighted by atomic mass is 9.96. The molecule has 0 radical (unpaired) electrons. The van der Waals surface area contributed by atoms with Crippen molar-refractivity contribution in [3.8, 4) is 0 Å². The normalized spacial score (nSPS) is 22.1. The van der Waals surface area contributed by atoms with E-state index in [1.165, 1.54) is 30.3 Å². The maximum Gasteiger partial charge on any atom is 0.436 e. The Morgan fingerprint density at radius 1 is 0.978 bits per heavy atom. The van der Waals surface area contributed by atoms with E-state index in [-0.39, 0.29) is 23.9 Å². The molecule has 0 amide bonds. The highest BCUT2D eigenvalue weighted by Gasteiger charge is 2.40. The molecule has 0 aliphatic carbocycles. The SMILES string of the molecule is C[C@@H]1CN(c2nc3nncn3c3c2ncn3C[C@@H]2CCCO2)[C@@H](C)CN1[C@H](c1ccc(F)cc1)c1ccc(F)c(C(F)(F)F)n1. The highest BCUT2D eigenvalue weighted by molar-refractivity contribution is 5.86. The fourth-order valence-corrected chi connectivity index (χ4v) is 6.52. The second kappa shape index (κ2) is 11.3. The summed E-state index contributed by atoms with van der Waals surface area (Å²) in [4.78, 5) is 17.5. The lowest BCUT2D eigenvalue weighted by Gasteiger charge is -2.47. The smallest absolute Gasteiger partial charge is 0.376 e. The highest BCUT2D eigenvalue weighted by atomic mass is 19.4. The van der Waals surface area contributed by atoms with Gasteiger partial charge in [0, 0.05) is 31.8 Å². The highest BCUT2D eigenvalue weighted by Crippen LogP contribution is 2.37. The maximum atomic E-state index is 14.2. The monoisotopic (exact) mass is 627 g/mol. The molecule has 4 atom stereocenters. The number of piperazine rings is 1. The van der Waals surface area contributed by atoms with Gasteiger partial charge >= 0.3 is 6.18 Å². The van der Waals surface area contributed by atoms with Crippen molar-refractivity contribution in [3.63, 3.8) is 0 Å². The van der Waals surface area contributed by atoms with Crippen LogP contribution in [0.3, 0.4) is 0 Å². The Morgan fingerprint density at radius 2 is 1.78 bits per heavy atom. The summed E-state index contributed by atoms with van der Waals surface area (Å²) in [6.45, 7) is 6.10. The average Bonchev–Trinajstić information content (AvgIpc) is 3.77. The second-order valence-corrected chi connectivity index (χ2v) is 11.7. The van der Waals surface area contributed by atoms with Crippen LogP contribution >= 0.6 is 0 Å². The first-order valence-electron chi connectivity index (χ1n) is 14.8. The molecule has 2 aliphatic rings. The number of imidazole rings is 1. The van der Waals surface area contributed by atoms with Crippen LogP contribution < -0.4 is 4.90 Å². The molecule has 45 heavy (non-hydrogen) atoms. The van der Waals surface area contributed by atoms with Crippen LogP contribution in [0.2, 0.25) is 0 Å². The van der Waals surface area contributed by atoms with Gasteiger partial charge in [0.05, 0.1) is 30.7 Å². The quantitative estimate of drug-likeness (QED) is 0.242. The first-order chi connectivity index (χ1) is 21.6. The predicted molar refractivity (Wildman–Crippen MR) is 153 cm³/mol. The van der Waals surface area contributed by atoms with Crippen LogP contribution in [0.1, 0.15) is 49.7 Å². The van der Waals surface area contributed by atoms with E-state index in [2.05, 4.69) is 20.1 Å². The molecule has 2 fully saturated rings. The van der Waals surface area contributed by atoms with Gasteiger partial charge in [-0.15, -0.1) is 10.2 Å². The molecule has 0 unspecified atom stereocenters. The van der Waals surface area contributed by atoms with Crippen LogP contribution in [0, 0.1) is 11.6 Å². The van der Waals surface area contributed by atoms with E-state index in [0.717, 1.165) is 31.2 Å². The zero-order valence-electron chi connectivity index (χ0n) is 24.5. The van der Waals surface area contributed by atoms with E-state index in [1.807, 2.05) is 23.3 Å². The Hall–Kier alpha value is -4.24. The molecule has 0 N–H and O–H groups in total. The van der Waals surface area contributed by atoms with Gasteiger partial charge in [0.25, 0.3) is 5.78 Å². The summed E-state index contributed by atoms with van der Waals surface area (Å²) in [7, 11) is 0. The fraction of sp³-hybridized carbons (Fsp3) is 0.433. The summed E-state index contributed by atoms with van der Waals surface area (Å²) in [6.07, 6.45) is 0.441. The van der Waals surface area contributed by atoms with Crippen LogP contribution in [0.4, 0.5) is 27.8 Å². The van der Waals surface area contributed by atoms with Crippen molar-refractivity contribution in [3.05, 3.63) is 77.6 Å². The van der Waals surface area contributed by atoms with Gasteiger partial charge < -0.3 is 14.2 Å². The summed E-state index contributed by atoms with van der Waals surface area (Å²) < 4.78 is 78.9. The molecule has 5 aromatic rings. The van der Waals surface area contributed by atoms with E-state index in [1.54, 1.807) is 17.1 Å². The van der Waals surface area contributed by atoms with Crippen molar-refractivity contribution in [2.75, 3.05) is 24.6 Å². The number of ether oxygens (including phenoxy) is 1. The molecule has 0 saturated carbocycles. The Morgan fingerprint density at radius 3 is 2.51 bits per heavy atom. The number of benzene rings is 1. The third-order valence-electron chi connectivity index (χ3n) is 8.65. The molecule has 6 heterocycles. The minimum absolute atomic E-state index is 0.0149. The lowest BCUT2D eigenvalue weighted by Crippen LogP contribution is -2.57. The van der Waals surface area contributed by atoms with Crippen molar-refractivity contribution in [2.45, 2.75) is 63.6 Å². The largest absolute Gasteiger partial charge is 0.436 e. The van der Waals surface area contributed by atoms with Crippen molar-refractivity contribution < 1.29 is 26.7 Å². The number of pyridine rings is 1. The Kier molecular flexibility index (Phi) is 7.39. The predicted octanol–water partition coefficient (Wildman–Crippen LogP) is 5.03. The number of rotatable bonds is 6. The van der Waals surface area contributed by atoms with E-state index in [0.29, 0.717) is 42.3 Å². The second-order valence-electron chi connectivity index (χ2n) is 11.7.